The number of hydrogen-bond acceptors (Lipinski definition) is 4. The molecule has 1 fully saturated rings. The lowest BCUT2D eigenvalue weighted by molar-refractivity contribution is 0.102. The molecule has 2 N–H and O–H groups in total. The molecule has 0 bridgehead atoms. The zero-order chi connectivity index (χ0) is 15.6. The zero-order valence-corrected chi connectivity index (χ0v) is 14.6. The molecule has 24 heavy (non-hydrogen) atoms. The number of fused-ring (bicyclic) bond motifs is 1. The second-order valence-corrected chi connectivity index (χ2v) is 6.68. The molecule has 3 heterocycles. The number of aromatic nitrogens is 1. The van der Waals surface area contributed by atoms with Gasteiger partial charge in [-0.1, -0.05) is 12.1 Å². The molecule has 4 nitrogen and oxygen atoms in total. The van der Waals surface area contributed by atoms with E-state index in [0.29, 0.717) is 11.6 Å². The van der Waals surface area contributed by atoms with Crippen LogP contribution in [0.25, 0.3) is 10.1 Å². The maximum Gasteiger partial charge on any atom is 0.275 e. The van der Waals surface area contributed by atoms with Gasteiger partial charge < -0.3 is 10.6 Å². The summed E-state index contributed by atoms with van der Waals surface area (Å²) in [6, 6.07) is 12.1. The van der Waals surface area contributed by atoms with Crippen LogP contribution in [0.3, 0.4) is 0 Å². The van der Waals surface area contributed by atoms with Crippen molar-refractivity contribution in [2.75, 3.05) is 18.4 Å². The highest BCUT2D eigenvalue weighted by molar-refractivity contribution is 7.17. The first-order valence-electron chi connectivity index (χ1n) is 7.75. The average Bonchev–Trinajstić information content (AvgIpc) is 3.26. The van der Waals surface area contributed by atoms with Crippen LogP contribution < -0.4 is 10.6 Å². The van der Waals surface area contributed by atoms with Crippen LogP contribution in [0, 0.1) is 0 Å². The number of anilines is 1. The van der Waals surface area contributed by atoms with E-state index < -0.39 is 0 Å². The fourth-order valence-electron chi connectivity index (χ4n) is 3.02. The number of hydrogen-bond donors (Lipinski definition) is 2. The van der Waals surface area contributed by atoms with Crippen LogP contribution in [0.4, 0.5) is 5.69 Å². The Balaban J connectivity index is 0.00000169. The SMILES string of the molecule is Cl.O=C(Nc1ccc([C@H]2CCNC2)cc1)c1nccc2ccsc12. The fourth-order valence-corrected chi connectivity index (χ4v) is 3.90. The molecule has 1 aliphatic rings. The van der Waals surface area contributed by atoms with Crippen LogP contribution in [-0.4, -0.2) is 24.0 Å². The number of pyridine rings is 1. The topological polar surface area (TPSA) is 54.0 Å². The van der Waals surface area contributed by atoms with E-state index in [1.165, 1.54) is 12.0 Å². The molecule has 124 valence electrons. The summed E-state index contributed by atoms with van der Waals surface area (Å²) in [7, 11) is 0. The number of halogens is 1. The van der Waals surface area contributed by atoms with Crippen molar-refractivity contribution in [1.29, 1.82) is 0 Å². The average molecular weight is 360 g/mol. The molecule has 1 aromatic carbocycles. The van der Waals surface area contributed by atoms with Crippen LogP contribution in [0.1, 0.15) is 28.4 Å². The van der Waals surface area contributed by atoms with Gasteiger partial charge >= 0.3 is 0 Å². The Morgan fingerprint density at radius 1 is 1.21 bits per heavy atom. The van der Waals surface area contributed by atoms with E-state index in [1.54, 1.807) is 17.5 Å². The Morgan fingerprint density at radius 3 is 2.79 bits per heavy atom. The van der Waals surface area contributed by atoms with Gasteiger partial charge in [-0.15, -0.1) is 23.7 Å². The summed E-state index contributed by atoms with van der Waals surface area (Å²) in [5, 5.41) is 9.36. The van der Waals surface area contributed by atoms with E-state index in [9.17, 15) is 4.79 Å². The molecule has 0 spiro atoms. The number of nitrogens with zero attached hydrogens (tertiary/aromatic N) is 1. The van der Waals surface area contributed by atoms with Crippen LogP contribution in [0.5, 0.6) is 0 Å². The van der Waals surface area contributed by atoms with Crippen molar-refractivity contribution >= 4 is 45.4 Å². The van der Waals surface area contributed by atoms with E-state index in [0.717, 1.165) is 28.9 Å². The highest BCUT2D eigenvalue weighted by atomic mass is 35.5. The first-order chi connectivity index (χ1) is 11.3. The van der Waals surface area contributed by atoms with E-state index in [-0.39, 0.29) is 18.3 Å². The van der Waals surface area contributed by atoms with E-state index in [4.69, 9.17) is 0 Å². The summed E-state index contributed by atoms with van der Waals surface area (Å²) >= 11 is 1.54. The van der Waals surface area contributed by atoms with Gasteiger partial charge in [0, 0.05) is 18.4 Å². The molecule has 1 atom stereocenters. The van der Waals surface area contributed by atoms with Crippen LogP contribution in [-0.2, 0) is 0 Å². The molecule has 1 saturated heterocycles. The number of amides is 1. The van der Waals surface area contributed by atoms with Gasteiger partial charge in [-0.05, 0) is 59.5 Å². The molecule has 1 amide bonds. The Labute approximate surface area is 150 Å². The van der Waals surface area contributed by atoms with Crippen molar-refractivity contribution in [2.24, 2.45) is 0 Å². The van der Waals surface area contributed by atoms with Gasteiger partial charge in [0.2, 0.25) is 0 Å². The van der Waals surface area contributed by atoms with Crippen molar-refractivity contribution < 1.29 is 4.79 Å². The summed E-state index contributed by atoms with van der Waals surface area (Å²) in [5.74, 6) is 0.426. The molecule has 1 aliphatic heterocycles. The largest absolute Gasteiger partial charge is 0.321 e. The molecule has 6 heteroatoms. The second-order valence-electron chi connectivity index (χ2n) is 5.76. The van der Waals surface area contributed by atoms with Gasteiger partial charge in [-0.2, -0.15) is 0 Å². The highest BCUT2D eigenvalue weighted by Crippen LogP contribution is 2.25. The predicted molar refractivity (Wildman–Crippen MR) is 101 cm³/mol. The normalized spacial score (nSPS) is 16.8. The van der Waals surface area contributed by atoms with E-state index in [2.05, 4.69) is 27.8 Å². The van der Waals surface area contributed by atoms with Gasteiger partial charge in [0.15, 0.2) is 0 Å². The Bertz CT molecular complexity index is 841. The highest BCUT2D eigenvalue weighted by Gasteiger charge is 2.17. The minimum absolute atomic E-state index is 0. The lowest BCUT2D eigenvalue weighted by atomic mass is 9.98. The van der Waals surface area contributed by atoms with Gasteiger partial charge in [0.05, 0.1) is 4.70 Å². The Kier molecular flexibility index (Phi) is 5.14. The van der Waals surface area contributed by atoms with Crippen molar-refractivity contribution in [2.45, 2.75) is 12.3 Å². The summed E-state index contributed by atoms with van der Waals surface area (Å²) in [6.45, 7) is 2.12. The van der Waals surface area contributed by atoms with Crippen LogP contribution in [0.2, 0.25) is 0 Å². The first kappa shape index (κ1) is 16.9. The maximum atomic E-state index is 12.5. The standard InChI is InChI=1S/C18H17N3OS.ClH/c22-18(16-17-13(6-9-20-16)7-10-23-17)21-15-3-1-12(2-4-15)14-5-8-19-11-14;/h1-4,6-7,9-10,14,19H,5,8,11H2,(H,21,22);1H/t14-;/m0./s1. The van der Waals surface area contributed by atoms with Crippen molar-refractivity contribution in [3.63, 3.8) is 0 Å². The molecular formula is C18H18ClN3OS. The van der Waals surface area contributed by atoms with Crippen molar-refractivity contribution in [3.8, 4) is 0 Å². The molecule has 2 aromatic heterocycles. The molecule has 0 aliphatic carbocycles. The molecule has 4 rings (SSSR count). The number of nitrogens with one attached hydrogen (secondary N) is 2. The van der Waals surface area contributed by atoms with E-state index in [1.807, 2.05) is 29.6 Å². The number of benzene rings is 1. The van der Waals surface area contributed by atoms with Crippen LogP contribution in [0.15, 0.2) is 48.0 Å². The Hall–Kier alpha value is -1.95. The molecule has 0 unspecified atom stereocenters. The first-order valence-corrected chi connectivity index (χ1v) is 8.63. The molecule has 3 aromatic rings. The molecular weight excluding hydrogens is 342 g/mol. The third-order valence-corrected chi connectivity index (χ3v) is 5.22. The minimum Gasteiger partial charge on any atom is -0.321 e. The summed E-state index contributed by atoms with van der Waals surface area (Å²) in [5.41, 5.74) is 2.62. The van der Waals surface area contributed by atoms with Gasteiger partial charge in [-0.3, -0.25) is 4.79 Å². The summed E-state index contributed by atoms with van der Waals surface area (Å²) in [4.78, 5) is 16.7. The fraction of sp³-hybridized carbons (Fsp3) is 0.222. The minimum atomic E-state index is -0.159. The van der Waals surface area contributed by atoms with E-state index >= 15 is 0 Å². The lowest BCUT2D eigenvalue weighted by Gasteiger charge is -2.10. The second kappa shape index (κ2) is 7.30. The summed E-state index contributed by atoms with van der Waals surface area (Å²) in [6.07, 6.45) is 2.86. The van der Waals surface area contributed by atoms with Crippen molar-refractivity contribution in [1.82, 2.24) is 10.3 Å². The Morgan fingerprint density at radius 2 is 2.04 bits per heavy atom. The number of thiophene rings is 1. The smallest absolute Gasteiger partial charge is 0.275 e. The summed E-state index contributed by atoms with van der Waals surface area (Å²) < 4.78 is 0.929. The number of carbonyl (C=O) groups is 1. The van der Waals surface area contributed by atoms with Gasteiger partial charge in [0.1, 0.15) is 5.69 Å². The monoisotopic (exact) mass is 359 g/mol. The number of rotatable bonds is 3. The van der Waals surface area contributed by atoms with Gasteiger partial charge in [0.25, 0.3) is 5.91 Å². The zero-order valence-electron chi connectivity index (χ0n) is 13.0. The third kappa shape index (κ3) is 3.29. The van der Waals surface area contributed by atoms with Gasteiger partial charge in [-0.25, -0.2) is 4.98 Å². The van der Waals surface area contributed by atoms with Crippen LogP contribution >= 0.6 is 23.7 Å². The third-order valence-electron chi connectivity index (χ3n) is 4.28. The number of carbonyl (C=O) groups excluding carboxylic acids is 1. The lowest BCUT2D eigenvalue weighted by Crippen LogP contribution is -2.13. The predicted octanol–water partition coefficient (Wildman–Crippen LogP) is 4.05. The maximum absolute atomic E-state index is 12.5. The van der Waals surface area contributed by atoms with Crippen molar-refractivity contribution in [3.05, 3.63) is 59.2 Å². The molecule has 0 radical (unpaired) electrons. The molecule has 0 saturated carbocycles. The quantitative estimate of drug-likeness (QED) is 0.741.